The van der Waals surface area contributed by atoms with Gasteiger partial charge in [0.25, 0.3) is 5.91 Å². The van der Waals surface area contributed by atoms with E-state index in [-0.39, 0.29) is 11.4 Å². The molecule has 0 saturated heterocycles. The van der Waals surface area contributed by atoms with Crippen LogP contribution in [0.15, 0.2) is 12.1 Å². The Morgan fingerprint density at radius 3 is 2.58 bits per heavy atom. The predicted octanol–water partition coefficient (Wildman–Crippen LogP) is 3.32. The van der Waals surface area contributed by atoms with E-state index in [0.29, 0.717) is 28.6 Å². The number of methoxy groups -OCH3 is 1. The van der Waals surface area contributed by atoms with Gasteiger partial charge in [0.15, 0.2) is 0 Å². The number of amides is 1. The highest BCUT2D eigenvalue weighted by Gasteiger charge is 2.33. The maximum Gasteiger partial charge on any atom is 0.255 e. The van der Waals surface area contributed by atoms with Crippen molar-refractivity contribution in [3.05, 3.63) is 22.7 Å². The van der Waals surface area contributed by atoms with E-state index in [1.54, 1.807) is 12.1 Å². The van der Waals surface area contributed by atoms with E-state index in [2.05, 4.69) is 24.3 Å². The van der Waals surface area contributed by atoms with Gasteiger partial charge in [-0.3, -0.25) is 4.79 Å². The normalized spacial score (nSPS) is 16.9. The van der Waals surface area contributed by atoms with Gasteiger partial charge in [-0.2, -0.15) is 0 Å². The zero-order valence-electron chi connectivity index (χ0n) is 14.8. The number of benzene rings is 1. The second kappa shape index (κ2) is 8.08. The van der Waals surface area contributed by atoms with Crippen LogP contribution < -0.4 is 15.8 Å². The molecule has 1 fully saturated rings. The van der Waals surface area contributed by atoms with Crippen molar-refractivity contribution in [1.82, 2.24) is 10.2 Å². The molecule has 0 heterocycles. The standard InChI is InChI=1S/C18H28ClN3O2/c1-22(2)18(7-5-4-6-8-18)9-10-21-17(23)13-11-14(19)15(20)12-16(13)24-3/h11-12H,4-10,20H2,1-3H3,(H,21,23). The van der Waals surface area contributed by atoms with E-state index in [0.717, 1.165) is 6.42 Å². The molecule has 5 nitrogen and oxygen atoms in total. The van der Waals surface area contributed by atoms with E-state index in [9.17, 15) is 4.79 Å². The van der Waals surface area contributed by atoms with Crippen LogP contribution in [0.5, 0.6) is 5.75 Å². The van der Waals surface area contributed by atoms with E-state index in [4.69, 9.17) is 22.1 Å². The van der Waals surface area contributed by atoms with Gasteiger partial charge in [0.2, 0.25) is 0 Å². The molecule has 0 spiro atoms. The largest absolute Gasteiger partial charge is 0.496 e. The van der Waals surface area contributed by atoms with Crippen molar-refractivity contribution < 1.29 is 9.53 Å². The molecule has 1 saturated carbocycles. The van der Waals surface area contributed by atoms with Gasteiger partial charge in [0.05, 0.1) is 23.4 Å². The van der Waals surface area contributed by atoms with E-state index >= 15 is 0 Å². The first-order chi connectivity index (χ1) is 11.4. The molecule has 2 rings (SSSR count). The molecule has 134 valence electrons. The Morgan fingerprint density at radius 2 is 2.00 bits per heavy atom. The van der Waals surface area contributed by atoms with Crippen LogP contribution in [-0.4, -0.2) is 44.1 Å². The monoisotopic (exact) mass is 353 g/mol. The Kier molecular flexibility index (Phi) is 6.35. The summed E-state index contributed by atoms with van der Waals surface area (Å²) in [7, 11) is 5.79. The van der Waals surface area contributed by atoms with Gasteiger partial charge in [-0.25, -0.2) is 0 Å². The van der Waals surface area contributed by atoms with Gasteiger partial charge < -0.3 is 20.7 Å². The number of halogens is 1. The maximum absolute atomic E-state index is 12.5. The van der Waals surface area contributed by atoms with Gasteiger partial charge in [-0.15, -0.1) is 0 Å². The molecular weight excluding hydrogens is 326 g/mol. The number of nitrogens with one attached hydrogen (secondary N) is 1. The van der Waals surface area contributed by atoms with Crippen molar-refractivity contribution in [3.63, 3.8) is 0 Å². The minimum atomic E-state index is -0.182. The molecule has 6 heteroatoms. The lowest BCUT2D eigenvalue weighted by Crippen LogP contribution is -2.48. The molecule has 0 atom stereocenters. The number of anilines is 1. The lowest BCUT2D eigenvalue weighted by atomic mass is 9.78. The van der Waals surface area contributed by atoms with Crippen molar-refractivity contribution in [1.29, 1.82) is 0 Å². The summed E-state index contributed by atoms with van der Waals surface area (Å²) < 4.78 is 5.25. The number of rotatable bonds is 6. The van der Waals surface area contributed by atoms with Crippen LogP contribution in [0.25, 0.3) is 0 Å². The van der Waals surface area contributed by atoms with Gasteiger partial charge in [-0.1, -0.05) is 30.9 Å². The van der Waals surface area contributed by atoms with Crippen LogP contribution in [0.2, 0.25) is 5.02 Å². The Balaban J connectivity index is 2.01. The van der Waals surface area contributed by atoms with Crippen LogP contribution in [0.1, 0.15) is 48.9 Å². The van der Waals surface area contributed by atoms with Gasteiger partial charge in [0.1, 0.15) is 5.75 Å². The number of hydrogen-bond acceptors (Lipinski definition) is 4. The fourth-order valence-electron chi connectivity index (χ4n) is 3.55. The van der Waals surface area contributed by atoms with Gasteiger partial charge in [-0.05, 0) is 39.4 Å². The fourth-order valence-corrected chi connectivity index (χ4v) is 3.71. The van der Waals surface area contributed by atoms with E-state index in [1.165, 1.54) is 39.2 Å². The molecule has 1 aliphatic carbocycles. The minimum absolute atomic E-state index is 0.182. The zero-order chi connectivity index (χ0) is 17.7. The average molecular weight is 354 g/mol. The number of nitrogen functional groups attached to an aromatic ring is 1. The summed E-state index contributed by atoms with van der Waals surface area (Å²) in [5.41, 5.74) is 6.77. The van der Waals surface area contributed by atoms with Gasteiger partial charge >= 0.3 is 0 Å². The molecular formula is C18H28ClN3O2. The Bertz CT molecular complexity index is 584. The summed E-state index contributed by atoms with van der Waals surface area (Å²) in [6.07, 6.45) is 7.14. The highest BCUT2D eigenvalue weighted by molar-refractivity contribution is 6.33. The quantitative estimate of drug-likeness (QED) is 0.770. The summed E-state index contributed by atoms with van der Waals surface area (Å²) in [4.78, 5) is 14.8. The molecule has 0 unspecified atom stereocenters. The topological polar surface area (TPSA) is 67.6 Å². The highest BCUT2D eigenvalue weighted by Crippen LogP contribution is 2.35. The molecule has 1 aromatic carbocycles. The van der Waals surface area contributed by atoms with Crippen molar-refractivity contribution in [2.45, 2.75) is 44.1 Å². The molecule has 1 aliphatic rings. The van der Waals surface area contributed by atoms with Gasteiger partial charge in [0, 0.05) is 18.2 Å². The molecule has 24 heavy (non-hydrogen) atoms. The zero-order valence-corrected chi connectivity index (χ0v) is 15.6. The summed E-state index contributed by atoms with van der Waals surface area (Å²) in [6.45, 7) is 0.627. The minimum Gasteiger partial charge on any atom is -0.496 e. The van der Waals surface area contributed by atoms with Crippen LogP contribution in [0.4, 0.5) is 5.69 Å². The Hall–Kier alpha value is -1.46. The Labute approximate surface area is 149 Å². The summed E-state index contributed by atoms with van der Waals surface area (Å²) >= 11 is 6.04. The molecule has 0 aromatic heterocycles. The predicted molar refractivity (Wildman–Crippen MR) is 98.9 cm³/mol. The number of nitrogens with zero attached hydrogens (tertiary/aromatic N) is 1. The third kappa shape index (κ3) is 4.14. The van der Waals surface area contributed by atoms with E-state index in [1.807, 2.05) is 0 Å². The third-order valence-electron chi connectivity index (χ3n) is 5.17. The lowest BCUT2D eigenvalue weighted by molar-refractivity contribution is 0.0834. The third-order valence-corrected chi connectivity index (χ3v) is 5.50. The van der Waals surface area contributed by atoms with Crippen LogP contribution in [0.3, 0.4) is 0 Å². The van der Waals surface area contributed by atoms with Crippen molar-refractivity contribution in [3.8, 4) is 5.75 Å². The summed E-state index contributed by atoms with van der Waals surface area (Å²) in [5.74, 6) is 0.257. The Morgan fingerprint density at radius 1 is 1.33 bits per heavy atom. The van der Waals surface area contributed by atoms with Crippen LogP contribution in [-0.2, 0) is 0 Å². The second-order valence-electron chi connectivity index (χ2n) is 6.76. The smallest absolute Gasteiger partial charge is 0.255 e. The first kappa shape index (κ1) is 18.9. The molecule has 1 amide bonds. The molecule has 0 bridgehead atoms. The molecule has 0 aliphatic heterocycles. The molecule has 1 aromatic rings. The number of nitrogens with two attached hydrogens (primary N) is 1. The fraction of sp³-hybridized carbons (Fsp3) is 0.611. The maximum atomic E-state index is 12.5. The van der Waals surface area contributed by atoms with E-state index < -0.39 is 0 Å². The number of ether oxygens (including phenoxy) is 1. The second-order valence-corrected chi connectivity index (χ2v) is 7.17. The lowest BCUT2D eigenvalue weighted by Gasteiger charge is -2.43. The van der Waals surface area contributed by atoms with Crippen molar-refractivity contribution >= 4 is 23.2 Å². The van der Waals surface area contributed by atoms with Crippen molar-refractivity contribution in [2.75, 3.05) is 33.5 Å². The number of hydrogen-bond donors (Lipinski definition) is 2. The first-order valence-corrected chi connectivity index (χ1v) is 8.86. The van der Waals surface area contributed by atoms with Crippen LogP contribution >= 0.6 is 11.6 Å². The van der Waals surface area contributed by atoms with Crippen molar-refractivity contribution in [2.24, 2.45) is 0 Å². The first-order valence-electron chi connectivity index (χ1n) is 8.48. The molecule has 0 radical (unpaired) electrons. The molecule has 3 N–H and O–H groups in total. The number of carbonyl (C=O) groups excluding carboxylic acids is 1. The number of carbonyl (C=O) groups is 1. The average Bonchev–Trinajstić information content (AvgIpc) is 2.57. The van der Waals surface area contributed by atoms with Crippen LogP contribution in [0, 0.1) is 0 Å². The highest BCUT2D eigenvalue weighted by atomic mass is 35.5. The summed E-state index contributed by atoms with van der Waals surface area (Å²) in [6, 6.07) is 3.15. The summed E-state index contributed by atoms with van der Waals surface area (Å²) in [5, 5.41) is 3.36. The SMILES string of the molecule is COc1cc(N)c(Cl)cc1C(=O)NCCC1(N(C)C)CCCCC1.